The average Bonchev–Trinajstić information content (AvgIpc) is 2.05. The molecular formula is C9H18O2. The van der Waals surface area contributed by atoms with E-state index >= 15 is 0 Å². The molecule has 0 heterocycles. The first-order valence-corrected chi connectivity index (χ1v) is 4.31. The van der Waals surface area contributed by atoms with Crippen molar-refractivity contribution in [2.75, 3.05) is 7.11 Å². The summed E-state index contributed by atoms with van der Waals surface area (Å²) in [5.41, 5.74) is 0. The van der Waals surface area contributed by atoms with Crippen LogP contribution in [0.5, 0.6) is 0 Å². The van der Waals surface area contributed by atoms with E-state index in [2.05, 4.69) is 6.92 Å². The fourth-order valence-corrected chi connectivity index (χ4v) is 1.03. The van der Waals surface area contributed by atoms with E-state index < -0.39 is 0 Å². The molecule has 0 saturated carbocycles. The van der Waals surface area contributed by atoms with Gasteiger partial charge in [-0.2, -0.15) is 0 Å². The topological polar surface area (TPSA) is 26.3 Å². The molecule has 2 nitrogen and oxygen atoms in total. The highest BCUT2D eigenvalue weighted by atomic mass is 16.5. The van der Waals surface area contributed by atoms with E-state index in [4.69, 9.17) is 4.74 Å². The molecular weight excluding hydrogens is 140 g/mol. The van der Waals surface area contributed by atoms with Gasteiger partial charge in [-0.1, -0.05) is 26.7 Å². The minimum Gasteiger partial charge on any atom is -0.374 e. The van der Waals surface area contributed by atoms with Gasteiger partial charge in [-0.15, -0.1) is 0 Å². The maximum atomic E-state index is 11.1. The third-order valence-electron chi connectivity index (χ3n) is 1.81. The zero-order chi connectivity index (χ0) is 8.69. The van der Waals surface area contributed by atoms with Crippen molar-refractivity contribution in [1.29, 1.82) is 0 Å². The number of Topliss-reactive ketones (excluding diaryl/α,β-unsaturated/α-hetero) is 1. The van der Waals surface area contributed by atoms with Crippen molar-refractivity contribution >= 4 is 5.78 Å². The molecule has 2 heteroatoms. The zero-order valence-corrected chi connectivity index (χ0v) is 7.72. The summed E-state index contributed by atoms with van der Waals surface area (Å²) in [4.78, 5) is 11.1. The van der Waals surface area contributed by atoms with Crippen molar-refractivity contribution in [1.82, 2.24) is 0 Å². The molecule has 0 aromatic carbocycles. The smallest absolute Gasteiger partial charge is 0.161 e. The Labute approximate surface area is 68.9 Å². The molecule has 66 valence electrons. The largest absolute Gasteiger partial charge is 0.374 e. The van der Waals surface area contributed by atoms with Crippen LogP contribution in [0.25, 0.3) is 0 Å². The van der Waals surface area contributed by atoms with Crippen LogP contribution < -0.4 is 0 Å². The maximum absolute atomic E-state index is 11.1. The van der Waals surface area contributed by atoms with Crippen molar-refractivity contribution in [2.45, 2.75) is 45.6 Å². The van der Waals surface area contributed by atoms with Crippen LogP contribution in [-0.2, 0) is 9.53 Å². The third-order valence-corrected chi connectivity index (χ3v) is 1.81. The van der Waals surface area contributed by atoms with E-state index in [1.807, 2.05) is 6.92 Å². The molecule has 0 aromatic heterocycles. The second-order valence-electron chi connectivity index (χ2n) is 2.69. The minimum absolute atomic E-state index is 0.153. The van der Waals surface area contributed by atoms with Gasteiger partial charge >= 0.3 is 0 Å². The summed E-state index contributed by atoms with van der Waals surface area (Å²) >= 11 is 0. The van der Waals surface area contributed by atoms with Crippen molar-refractivity contribution in [2.24, 2.45) is 0 Å². The van der Waals surface area contributed by atoms with Crippen LogP contribution in [0.1, 0.15) is 39.5 Å². The van der Waals surface area contributed by atoms with E-state index in [9.17, 15) is 4.79 Å². The summed E-state index contributed by atoms with van der Waals surface area (Å²) in [7, 11) is 1.61. The highest BCUT2D eigenvalue weighted by Crippen LogP contribution is 2.06. The number of ether oxygens (including phenoxy) is 1. The van der Waals surface area contributed by atoms with E-state index in [0.717, 1.165) is 19.3 Å². The van der Waals surface area contributed by atoms with Gasteiger partial charge in [0.1, 0.15) is 6.10 Å². The van der Waals surface area contributed by atoms with E-state index in [1.54, 1.807) is 7.11 Å². The second kappa shape index (κ2) is 6.35. The van der Waals surface area contributed by atoms with E-state index in [1.165, 1.54) is 0 Å². The van der Waals surface area contributed by atoms with Gasteiger partial charge in [-0.3, -0.25) is 4.79 Å². The molecule has 11 heavy (non-hydrogen) atoms. The van der Waals surface area contributed by atoms with E-state index in [-0.39, 0.29) is 11.9 Å². The first-order valence-electron chi connectivity index (χ1n) is 4.31. The molecule has 0 amide bonds. The molecule has 0 radical (unpaired) electrons. The van der Waals surface area contributed by atoms with Crippen LogP contribution >= 0.6 is 0 Å². The normalized spacial score (nSPS) is 13.0. The van der Waals surface area contributed by atoms with Crippen LogP contribution in [0.2, 0.25) is 0 Å². The zero-order valence-electron chi connectivity index (χ0n) is 7.72. The Balaban J connectivity index is 3.65. The molecule has 0 rings (SSSR count). The number of hydrogen-bond donors (Lipinski definition) is 0. The molecule has 1 atom stereocenters. The predicted molar refractivity (Wildman–Crippen MR) is 45.6 cm³/mol. The summed E-state index contributed by atoms with van der Waals surface area (Å²) < 4.78 is 5.06. The number of rotatable bonds is 6. The average molecular weight is 158 g/mol. The Hall–Kier alpha value is -0.370. The fourth-order valence-electron chi connectivity index (χ4n) is 1.03. The molecule has 0 aliphatic heterocycles. The molecule has 0 spiro atoms. The molecule has 0 N–H and O–H groups in total. The highest BCUT2D eigenvalue weighted by molar-refractivity contribution is 5.82. The summed E-state index contributed by atoms with van der Waals surface area (Å²) in [6.45, 7) is 3.99. The van der Waals surface area contributed by atoms with Gasteiger partial charge in [-0.05, 0) is 6.42 Å². The molecule has 0 aliphatic rings. The number of carbonyl (C=O) groups is 1. The third kappa shape index (κ3) is 4.14. The first kappa shape index (κ1) is 10.6. The van der Waals surface area contributed by atoms with Gasteiger partial charge in [0.2, 0.25) is 0 Å². The van der Waals surface area contributed by atoms with Gasteiger partial charge in [-0.25, -0.2) is 0 Å². The summed E-state index contributed by atoms with van der Waals surface area (Å²) in [6, 6.07) is 0. The number of methoxy groups -OCH3 is 1. The van der Waals surface area contributed by atoms with Crippen molar-refractivity contribution < 1.29 is 9.53 Å². The SMILES string of the molecule is CCCCC(OC)C(=O)CC. The van der Waals surface area contributed by atoms with Crippen molar-refractivity contribution in [3.63, 3.8) is 0 Å². The van der Waals surface area contributed by atoms with Crippen LogP contribution in [0, 0.1) is 0 Å². The lowest BCUT2D eigenvalue weighted by Crippen LogP contribution is -2.21. The Morgan fingerprint density at radius 2 is 2.09 bits per heavy atom. The number of ketones is 1. The Morgan fingerprint density at radius 1 is 1.45 bits per heavy atom. The maximum Gasteiger partial charge on any atom is 0.161 e. The number of hydrogen-bond acceptors (Lipinski definition) is 2. The molecule has 0 aliphatic carbocycles. The Morgan fingerprint density at radius 3 is 2.45 bits per heavy atom. The van der Waals surface area contributed by atoms with Gasteiger partial charge in [0.15, 0.2) is 5.78 Å². The number of unbranched alkanes of at least 4 members (excludes halogenated alkanes) is 1. The second-order valence-corrected chi connectivity index (χ2v) is 2.69. The van der Waals surface area contributed by atoms with Gasteiger partial charge < -0.3 is 4.74 Å². The lowest BCUT2D eigenvalue weighted by molar-refractivity contribution is -0.128. The Bertz CT molecular complexity index is 110. The van der Waals surface area contributed by atoms with Crippen LogP contribution in [-0.4, -0.2) is 19.0 Å². The molecule has 0 saturated heterocycles. The van der Waals surface area contributed by atoms with Gasteiger partial charge in [0, 0.05) is 13.5 Å². The monoisotopic (exact) mass is 158 g/mol. The van der Waals surface area contributed by atoms with Crippen molar-refractivity contribution in [3.8, 4) is 0 Å². The lowest BCUT2D eigenvalue weighted by atomic mass is 10.1. The van der Waals surface area contributed by atoms with Gasteiger partial charge in [0.25, 0.3) is 0 Å². The van der Waals surface area contributed by atoms with Gasteiger partial charge in [0.05, 0.1) is 0 Å². The summed E-state index contributed by atoms with van der Waals surface area (Å²) in [5, 5.41) is 0. The fraction of sp³-hybridized carbons (Fsp3) is 0.889. The molecule has 1 unspecified atom stereocenters. The highest BCUT2D eigenvalue weighted by Gasteiger charge is 2.13. The van der Waals surface area contributed by atoms with Crippen LogP contribution in [0.3, 0.4) is 0 Å². The number of carbonyl (C=O) groups excluding carboxylic acids is 1. The predicted octanol–water partition coefficient (Wildman–Crippen LogP) is 2.17. The lowest BCUT2D eigenvalue weighted by Gasteiger charge is -2.11. The quantitative estimate of drug-likeness (QED) is 0.592. The summed E-state index contributed by atoms with van der Waals surface area (Å²) in [6.07, 6.45) is 3.50. The standard InChI is InChI=1S/C9H18O2/c1-4-6-7-9(11-3)8(10)5-2/h9H,4-7H2,1-3H3. The van der Waals surface area contributed by atoms with Crippen LogP contribution in [0.15, 0.2) is 0 Å². The molecule has 0 aromatic rings. The molecule has 0 bridgehead atoms. The van der Waals surface area contributed by atoms with Crippen LogP contribution in [0.4, 0.5) is 0 Å². The molecule has 0 fully saturated rings. The minimum atomic E-state index is -0.153. The van der Waals surface area contributed by atoms with Crippen molar-refractivity contribution in [3.05, 3.63) is 0 Å². The Kier molecular flexibility index (Phi) is 6.13. The summed E-state index contributed by atoms with van der Waals surface area (Å²) in [5.74, 6) is 0.223. The van der Waals surface area contributed by atoms with E-state index in [0.29, 0.717) is 6.42 Å². The first-order chi connectivity index (χ1) is 5.26.